The molecule has 0 radical (unpaired) electrons. The minimum Gasteiger partial charge on any atom is -0.457 e. The smallest absolute Gasteiger partial charge is 0.324 e. The topological polar surface area (TPSA) is 76.4 Å². The summed E-state index contributed by atoms with van der Waals surface area (Å²) in [6.07, 6.45) is 2.03. The molecule has 2 N–H and O–H groups in total. The van der Waals surface area contributed by atoms with Crippen LogP contribution >= 0.6 is 11.8 Å². The van der Waals surface area contributed by atoms with Gasteiger partial charge in [-0.05, 0) is 54.8 Å². The van der Waals surface area contributed by atoms with Crippen molar-refractivity contribution in [3.8, 4) is 11.5 Å². The van der Waals surface area contributed by atoms with Crippen LogP contribution in [0.2, 0.25) is 0 Å². The molecule has 6 nitrogen and oxygen atoms in total. The number of urea groups is 1. The Morgan fingerprint density at radius 2 is 1.61 bits per heavy atom. The van der Waals surface area contributed by atoms with E-state index >= 15 is 0 Å². The second-order valence-electron chi connectivity index (χ2n) is 7.21. The van der Waals surface area contributed by atoms with Crippen molar-refractivity contribution in [3.05, 3.63) is 60.4 Å². The monoisotopic (exact) mass is 397 g/mol. The van der Waals surface area contributed by atoms with E-state index in [2.05, 4.69) is 15.8 Å². The number of hydrogen-bond acceptors (Lipinski definition) is 5. The van der Waals surface area contributed by atoms with Gasteiger partial charge in [-0.2, -0.15) is 0 Å². The summed E-state index contributed by atoms with van der Waals surface area (Å²) in [5.74, 6) is 2.53. The van der Waals surface area contributed by atoms with Crippen molar-refractivity contribution >= 4 is 29.3 Å². The highest BCUT2D eigenvalue weighted by atomic mass is 32.2. The predicted molar refractivity (Wildman–Crippen MR) is 113 cm³/mol. The summed E-state index contributed by atoms with van der Waals surface area (Å²) in [5.41, 5.74) is 0.469. The molecule has 146 valence electrons. The molecule has 2 aromatic carbocycles. The quantitative estimate of drug-likeness (QED) is 0.506. The van der Waals surface area contributed by atoms with Gasteiger partial charge < -0.3 is 14.6 Å². The van der Waals surface area contributed by atoms with Crippen LogP contribution in [0.3, 0.4) is 0 Å². The normalized spacial score (nSPS) is 11.1. The number of benzene rings is 2. The molecule has 2 amide bonds. The van der Waals surface area contributed by atoms with E-state index in [1.807, 2.05) is 51.3 Å². The van der Waals surface area contributed by atoms with Gasteiger partial charge in [-0.15, -0.1) is 11.8 Å². The molecule has 3 aromatic rings. The third-order valence-corrected chi connectivity index (χ3v) is 4.64. The Bertz CT molecular complexity index is 929. The van der Waals surface area contributed by atoms with Crippen LogP contribution in [0.1, 0.15) is 26.5 Å². The Balaban J connectivity index is 1.56. The van der Waals surface area contributed by atoms with E-state index in [0.717, 1.165) is 5.75 Å². The van der Waals surface area contributed by atoms with Crippen LogP contribution in [-0.2, 0) is 5.41 Å². The van der Waals surface area contributed by atoms with Crippen molar-refractivity contribution in [1.82, 2.24) is 5.16 Å². The molecule has 0 fully saturated rings. The number of nitrogens with zero attached hydrogens (tertiary/aromatic N) is 1. The molecule has 0 aliphatic heterocycles. The van der Waals surface area contributed by atoms with Gasteiger partial charge in [0.05, 0.1) is 0 Å². The summed E-state index contributed by atoms with van der Waals surface area (Å²) >= 11 is 1.68. The second kappa shape index (κ2) is 8.39. The Hall–Kier alpha value is -2.93. The number of rotatable bonds is 5. The molecule has 0 unspecified atom stereocenters. The zero-order valence-electron chi connectivity index (χ0n) is 16.3. The largest absolute Gasteiger partial charge is 0.457 e. The van der Waals surface area contributed by atoms with E-state index < -0.39 is 6.03 Å². The fourth-order valence-electron chi connectivity index (χ4n) is 2.35. The van der Waals surface area contributed by atoms with Gasteiger partial charge in [0, 0.05) is 22.1 Å². The Labute approximate surface area is 168 Å². The van der Waals surface area contributed by atoms with Crippen molar-refractivity contribution in [3.63, 3.8) is 0 Å². The number of anilines is 2. The van der Waals surface area contributed by atoms with Crippen molar-refractivity contribution in [1.29, 1.82) is 0 Å². The van der Waals surface area contributed by atoms with Crippen molar-refractivity contribution < 1.29 is 14.1 Å². The maximum Gasteiger partial charge on any atom is 0.324 e. The highest BCUT2D eigenvalue weighted by Crippen LogP contribution is 2.26. The first-order valence-corrected chi connectivity index (χ1v) is 10.0. The van der Waals surface area contributed by atoms with Gasteiger partial charge in [0.2, 0.25) is 0 Å². The van der Waals surface area contributed by atoms with Gasteiger partial charge in [-0.3, -0.25) is 5.32 Å². The lowest BCUT2D eigenvalue weighted by molar-refractivity contribution is 0.262. The fourth-order valence-corrected chi connectivity index (χ4v) is 2.76. The van der Waals surface area contributed by atoms with Gasteiger partial charge in [-0.25, -0.2) is 4.79 Å². The van der Waals surface area contributed by atoms with Crippen molar-refractivity contribution in [2.75, 3.05) is 16.9 Å². The molecular weight excluding hydrogens is 374 g/mol. The number of amides is 2. The molecule has 0 bridgehead atoms. The molecule has 7 heteroatoms. The van der Waals surface area contributed by atoms with E-state index in [-0.39, 0.29) is 5.41 Å². The summed E-state index contributed by atoms with van der Waals surface area (Å²) in [7, 11) is 0. The summed E-state index contributed by atoms with van der Waals surface area (Å²) in [6.45, 7) is 6.04. The van der Waals surface area contributed by atoms with Crippen molar-refractivity contribution in [2.24, 2.45) is 0 Å². The molecule has 0 spiro atoms. The minimum atomic E-state index is -0.393. The Morgan fingerprint density at radius 1 is 1.00 bits per heavy atom. The maximum absolute atomic E-state index is 12.1. The number of carbonyl (C=O) groups is 1. The molecule has 0 aliphatic rings. The van der Waals surface area contributed by atoms with E-state index in [4.69, 9.17) is 9.26 Å². The summed E-state index contributed by atoms with van der Waals surface area (Å²) in [4.78, 5) is 13.3. The first-order valence-electron chi connectivity index (χ1n) is 8.81. The molecule has 0 atom stereocenters. The highest BCUT2D eigenvalue weighted by Gasteiger charge is 2.20. The van der Waals surface area contributed by atoms with Crippen LogP contribution in [0.4, 0.5) is 16.3 Å². The predicted octanol–water partition coefficient (Wildman–Crippen LogP) is 6.13. The number of nitrogens with one attached hydrogen (secondary N) is 2. The average molecular weight is 398 g/mol. The number of aromatic nitrogens is 1. The third-order valence-electron chi connectivity index (χ3n) is 3.90. The molecule has 0 saturated heterocycles. The zero-order chi connectivity index (χ0) is 20.1. The van der Waals surface area contributed by atoms with Crippen LogP contribution in [0.15, 0.2) is 64.0 Å². The lowest BCUT2D eigenvalue weighted by atomic mass is 9.93. The van der Waals surface area contributed by atoms with Crippen LogP contribution in [0.5, 0.6) is 11.5 Å². The van der Waals surface area contributed by atoms with E-state index in [9.17, 15) is 4.79 Å². The van der Waals surface area contributed by atoms with Crippen LogP contribution in [0, 0.1) is 0 Å². The molecule has 0 aliphatic carbocycles. The molecule has 1 aromatic heterocycles. The first-order chi connectivity index (χ1) is 13.3. The van der Waals surface area contributed by atoms with Gasteiger partial charge in [0.1, 0.15) is 17.3 Å². The Kier molecular flexibility index (Phi) is 5.94. The lowest BCUT2D eigenvalue weighted by Crippen LogP contribution is -2.19. The lowest BCUT2D eigenvalue weighted by Gasteiger charge is -2.12. The van der Waals surface area contributed by atoms with Gasteiger partial charge in [0.25, 0.3) is 0 Å². The fraction of sp³-hybridized carbons (Fsp3) is 0.238. The van der Waals surface area contributed by atoms with Crippen LogP contribution < -0.4 is 15.4 Å². The summed E-state index contributed by atoms with van der Waals surface area (Å²) < 4.78 is 11.1. The number of thioether (sulfide) groups is 1. The molecular formula is C21H23N3O3S. The molecule has 1 heterocycles. The maximum atomic E-state index is 12.1. The summed E-state index contributed by atoms with van der Waals surface area (Å²) in [5, 5.41) is 9.28. The molecule has 28 heavy (non-hydrogen) atoms. The Morgan fingerprint density at radius 3 is 2.14 bits per heavy atom. The number of ether oxygens (including phenoxy) is 1. The van der Waals surface area contributed by atoms with Crippen LogP contribution in [-0.4, -0.2) is 17.4 Å². The molecule has 0 saturated carbocycles. The summed E-state index contributed by atoms with van der Waals surface area (Å²) in [6, 6.07) is 16.3. The van der Waals surface area contributed by atoms with Crippen molar-refractivity contribution in [2.45, 2.75) is 31.1 Å². The molecule has 3 rings (SSSR count). The second-order valence-corrected chi connectivity index (χ2v) is 8.09. The van der Waals surface area contributed by atoms with Crippen LogP contribution in [0.25, 0.3) is 0 Å². The van der Waals surface area contributed by atoms with Gasteiger partial charge in [-0.1, -0.05) is 25.9 Å². The van der Waals surface area contributed by atoms with E-state index in [0.29, 0.717) is 23.0 Å². The van der Waals surface area contributed by atoms with E-state index in [1.54, 1.807) is 42.1 Å². The minimum absolute atomic E-state index is 0.172. The standard InChI is InChI=1S/C21H23N3O3S/c1-21(2,3)18-13-19(24-27-18)23-20(25)22-14-5-7-15(8-6-14)26-16-9-11-17(28-4)12-10-16/h5-13H,1-4H3,(H2,22,23,24,25). The SMILES string of the molecule is CSc1ccc(Oc2ccc(NC(=O)Nc3cc(C(C)(C)C)on3)cc2)cc1. The van der Waals surface area contributed by atoms with E-state index in [1.165, 1.54) is 4.90 Å². The number of carbonyl (C=O) groups excluding carboxylic acids is 1. The average Bonchev–Trinajstić information content (AvgIpc) is 3.13. The zero-order valence-corrected chi connectivity index (χ0v) is 17.1. The first kappa shape index (κ1) is 19.8. The van der Waals surface area contributed by atoms with Gasteiger partial charge in [0.15, 0.2) is 5.82 Å². The number of hydrogen-bond donors (Lipinski definition) is 2. The third kappa shape index (κ3) is 5.29. The highest BCUT2D eigenvalue weighted by molar-refractivity contribution is 7.98. The van der Waals surface area contributed by atoms with Gasteiger partial charge >= 0.3 is 6.03 Å².